The van der Waals surface area contributed by atoms with Crippen molar-refractivity contribution in [1.29, 1.82) is 0 Å². The Morgan fingerprint density at radius 2 is 2.12 bits per heavy atom. The zero-order valence-electron chi connectivity index (χ0n) is 14.8. The van der Waals surface area contributed by atoms with Gasteiger partial charge in [0.05, 0.1) is 6.61 Å². The van der Waals surface area contributed by atoms with E-state index in [1.165, 1.54) is 12.1 Å². The van der Waals surface area contributed by atoms with Crippen molar-refractivity contribution in [3.05, 3.63) is 29.6 Å². The van der Waals surface area contributed by atoms with E-state index in [4.69, 9.17) is 15.2 Å². The molecule has 6 heteroatoms. The number of carbonyl (C=O) groups excluding carboxylic acids is 1. The zero-order chi connectivity index (χ0) is 17.9. The van der Waals surface area contributed by atoms with Gasteiger partial charge in [-0.1, -0.05) is 0 Å². The van der Waals surface area contributed by atoms with Crippen LogP contribution in [0.5, 0.6) is 5.75 Å². The van der Waals surface area contributed by atoms with E-state index in [1.54, 1.807) is 11.0 Å². The first-order valence-corrected chi connectivity index (χ1v) is 8.37. The SMILES string of the molecule is CCOc1ccc(F)cc1[C@H]1CCN(C(=O)OC(C)(C)C)C[C@@H]1N. The molecular weight excluding hydrogens is 311 g/mol. The van der Waals surface area contributed by atoms with E-state index < -0.39 is 5.60 Å². The van der Waals surface area contributed by atoms with Gasteiger partial charge < -0.3 is 20.1 Å². The van der Waals surface area contributed by atoms with Crippen molar-refractivity contribution in [2.24, 2.45) is 5.73 Å². The molecule has 0 unspecified atom stereocenters. The molecule has 1 aliphatic rings. The van der Waals surface area contributed by atoms with Gasteiger partial charge in [0.15, 0.2) is 0 Å². The molecule has 1 aromatic rings. The Kier molecular flexibility index (Phi) is 5.70. The molecule has 134 valence electrons. The van der Waals surface area contributed by atoms with Crippen LogP contribution in [-0.2, 0) is 4.74 Å². The fourth-order valence-electron chi connectivity index (χ4n) is 2.96. The highest BCUT2D eigenvalue weighted by Crippen LogP contribution is 2.34. The largest absolute Gasteiger partial charge is 0.494 e. The second kappa shape index (κ2) is 7.38. The van der Waals surface area contributed by atoms with Gasteiger partial charge in [-0.2, -0.15) is 0 Å². The molecule has 24 heavy (non-hydrogen) atoms. The van der Waals surface area contributed by atoms with Crippen LogP contribution in [0.25, 0.3) is 0 Å². The van der Waals surface area contributed by atoms with Crippen molar-refractivity contribution in [2.75, 3.05) is 19.7 Å². The lowest BCUT2D eigenvalue weighted by atomic mass is 9.85. The molecule has 0 aliphatic carbocycles. The summed E-state index contributed by atoms with van der Waals surface area (Å²) in [6.45, 7) is 8.79. The molecule has 0 spiro atoms. The third kappa shape index (κ3) is 4.60. The van der Waals surface area contributed by atoms with E-state index in [-0.39, 0.29) is 23.9 Å². The highest BCUT2D eigenvalue weighted by Gasteiger charge is 2.33. The van der Waals surface area contributed by atoms with Gasteiger partial charge in [0.2, 0.25) is 0 Å². The molecule has 0 radical (unpaired) electrons. The monoisotopic (exact) mass is 338 g/mol. The number of nitrogens with two attached hydrogens (primary N) is 1. The first-order valence-electron chi connectivity index (χ1n) is 8.37. The second-order valence-electron chi connectivity index (χ2n) is 7.10. The minimum Gasteiger partial charge on any atom is -0.494 e. The van der Waals surface area contributed by atoms with Crippen LogP contribution in [0.2, 0.25) is 0 Å². The van der Waals surface area contributed by atoms with Gasteiger partial charge >= 0.3 is 6.09 Å². The van der Waals surface area contributed by atoms with Crippen LogP contribution in [0.15, 0.2) is 18.2 Å². The molecule has 2 atom stereocenters. The number of nitrogens with zero attached hydrogens (tertiary/aromatic N) is 1. The smallest absolute Gasteiger partial charge is 0.410 e. The maximum atomic E-state index is 13.7. The predicted molar refractivity (Wildman–Crippen MR) is 90.7 cm³/mol. The summed E-state index contributed by atoms with van der Waals surface area (Å²) >= 11 is 0. The van der Waals surface area contributed by atoms with Crippen LogP contribution in [0.1, 0.15) is 45.6 Å². The number of hydrogen-bond acceptors (Lipinski definition) is 4. The summed E-state index contributed by atoms with van der Waals surface area (Å²) in [6.07, 6.45) is 0.282. The number of carbonyl (C=O) groups is 1. The van der Waals surface area contributed by atoms with Gasteiger partial charge in [0.1, 0.15) is 17.2 Å². The quantitative estimate of drug-likeness (QED) is 0.918. The average Bonchev–Trinajstić information content (AvgIpc) is 2.47. The molecule has 1 heterocycles. The third-order valence-electron chi connectivity index (χ3n) is 3.98. The van der Waals surface area contributed by atoms with Gasteiger partial charge in [0, 0.05) is 30.6 Å². The first-order chi connectivity index (χ1) is 11.2. The van der Waals surface area contributed by atoms with Crippen LogP contribution in [0, 0.1) is 5.82 Å². The van der Waals surface area contributed by atoms with Crippen LogP contribution in [-0.4, -0.2) is 42.3 Å². The second-order valence-corrected chi connectivity index (χ2v) is 7.10. The molecule has 0 bridgehead atoms. The Labute approximate surface area is 142 Å². The fraction of sp³-hybridized carbons (Fsp3) is 0.611. The number of likely N-dealkylation sites (tertiary alicyclic amines) is 1. The normalized spacial score (nSPS) is 21.5. The summed E-state index contributed by atoms with van der Waals surface area (Å²) in [4.78, 5) is 13.8. The Bertz CT molecular complexity index is 586. The van der Waals surface area contributed by atoms with E-state index in [0.29, 0.717) is 31.9 Å². The molecule has 5 nitrogen and oxygen atoms in total. The zero-order valence-corrected chi connectivity index (χ0v) is 14.8. The predicted octanol–water partition coefficient (Wildman–Crippen LogP) is 3.28. The van der Waals surface area contributed by atoms with E-state index in [2.05, 4.69) is 0 Å². The van der Waals surface area contributed by atoms with Gasteiger partial charge in [-0.25, -0.2) is 9.18 Å². The van der Waals surface area contributed by atoms with E-state index in [9.17, 15) is 9.18 Å². The molecule has 1 aliphatic heterocycles. The average molecular weight is 338 g/mol. The molecule has 1 fully saturated rings. The topological polar surface area (TPSA) is 64.8 Å². The number of halogens is 1. The van der Waals surface area contributed by atoms with Gasteiger partial charge in [0.25, 0.3) is 0 Å². The summed E-state index contributed by atoms with van der Waals surface area (Å²) in [7, 11) is 0. The Morgan fingerprint density at radius 1 is 1.42 bits per heavy atom. The van der Waals surface area contributed by atoms with E-state index in [1.807, 2.05) is 27.7 Å². The van der Waals surface area contributed by atoms with Crippen molar-refractivity contribution in [1.82, 2.24) is 4.90 Å². The summed E-state index contributed by atoms with van der Waals surface area (Å²) in [5.74, 6) is 0.293. The van der Waals surface area contributed by atoms with Crippen molar-refractivity contribution < 1.29 is 18.7 Å². The van der Waals surface area contributed by atoms with Gasteiger partial charge in [-0.15, -0.1) is 0 Å². The van der Waals surface area contributed by atoms with Crippen molar-refractivity contribution >= 4 is 6.09 Å². The number of hydrogen-bond donors (Lipinski definition) is 1. The Hall–Kier alpha value is -1.82. The third-order valence-corrected chi connectivity index (χ3v) is 3.98. The lowest BCUT2D eigenvalue weighted by Gasteiger charge is -2.38. The summed E-state index contributed by atoms with van der Waals surface area (Å²) in [5.41, 5.74) is 6.52. The lowest BCUT2D eigenvalue weighted by molar-refractivity contribution is 0.0186. The molecular formula is C18H27FN2O3. The molecule has 1 aromatic carbocycles. The van der Waals surface area contributed by atoms with Crippen LogP contribution in [0.3, 0.4) is 0 Å². The van der Waals surface area contributed by atoms with Gasteiger partial charge in [-0.3, -0.25) is 0 Å². The number of piperidine rings is 1. The molecule has 0 saturated carbocycles. The van der Waals surface area contributed by atoms with Crippen molar-refractivity contribution in [3.8, 4) is 5.75 Å². The number of rotatable bonds is 3. The van der Waals surface area contributed by atoms with Crippen LogP contribution in [0.4, 0.5) is 9.18 Å². The minimum atomic E-state index is -0.539. The van der Waals surface area contributed by atoms with E-state index in [0.717, 1.165) is 5.56 Å². The Morgan fingerprint density at radius 3 is 2.71 bits per heavy atom. The minimum absolute atomic E-state index is 0.0547. The highest BCUT2D eigenvalue weighted by atomic mass is 19.1. The van der Waals surface area contributed by atoms with E-state index >= 15 is 0 Å². The first kappa shape index (κ1) is 18.5. The fourth-order valence-corrected chi connectivity index (χ4v) is 2.96. The standard InChI is InChI=1S/C18H27FN2O3/c1-5-23-16-7-6-12(19)10-14(16)13-8-9-21(11-15(13)20)17(22)24-18(2,3)4/h6-7,10,13,15H,5,8-9,11,20H2,1-4H3/t13-,15+/m1/s1. The summed E-state index contributed by atoms with van der Waals surface area (Å²) in [6, 6.07) is 4.21. The maximum absolute atomic E-state index is 13.7. The van der Waals surface area contributed by atoms with Crippen molar-refractivity contribution in [3.63, 3.8) is 0 Å². The molecule has 2 rings (SSSR count). The van der Waals surface area contributed by atoms with Crippen molar-refractivity contribution in [2.45, 2.75) is 51.7 Å². The molecule has 1 amide bonds. The van der Waals surface area contributed by atoms with Crippen LogP contribution >= 0.6 is 0 Å². The number of benzene rings is 1. The highest BCUT2D eigenvalue weighted by molar-refractivity contribution is 5.68. The maximum Gasteiger partial charge on any atom is 0.410 e. The Balaban J connectivity index is 2.11. The van der Waals surface area contributed by atoms with Crippen LogP contribution < -0.4 is 10.5 Å². The number of ether oxygens (including phenoxy) is 2. The molecule has 1 saturated heterocycles. The van der Waals surface area contributed by atoms with Gasteiger partial charge in [-0.05, 0) is 52.3 Å². The lowest BCUT2D eigenvalue weighted by Crippen LogP contribution is -2.50. The summed E-state index contributed by atoms with van der Waals surface area (Å²) < 4.78 is 24.7. The molecule has 2 N–H and O–H groups in total. The summed E-state index contributed by atoms with van der Waals surface area (Å²) in [5, 5.41) is 0. The molecule has 0 aromatic heterocycles. The number of amides is 1.